The number of benzene rings is 1. The Kier molecular flexibility index (Phi) is 4.45. The van der Waals surface area contributed by atoms with Gasteiger partial charge in [-0.3, -0.25) is 0 Å². The molecule has 0 saturated carbocycles. The van der Waals surface area contributed by atoms with Gasteiger partial charge in [-0.05, 0) is 19.1 Å². The molecule has 0 saturated heterocycles. The van der Waals surface area contributed by atoms with Crippen molar-refractivity contribution in [3.8, 4) is 0 Å². The van der Waals surface area contributed by atoms with E-state index >= 15 is 0 Å². The molecule has 0 aromatic heterocycles. The van der Waals surface area contributed by atoms with Crippen LogP contribution < -0.4 is 4.90 Å². The Labute approximate surface area is 99.6 Å². The van der Waals surface area contributed by atoms with E-state index in [1.807, 2.05) is 0 Å². The van der Waals surface area contributed by atoms with E-state index in [9.17, 15) is 14.3 Å². The maximum atomic E-state index is 13.1. The molecule has 1 aromatic carbocycles. The molecule has 0 amide bonds. The molecule has 17 heavy (non-hydrogen) atoms. The van der Waals surface area contributed by atoms with Gasteiger partial charge in [0.1, 0.15) is 5.82 Å². The minimum absolute atomic E-state index is 0.189. The first-order valence-corrected chi connectivity index (χ1v) is 5.28. The normalized spacial score (nSPS) is 12.1. The fourth-order valence-electron chi connectivity index (χ4n) is 1.48. The maximum Gasteiger partial charge on any atom is 0.339 e. The summed E-state index contributed by atoms with van der Waals surface area (Å²) in [6.45, 7) is 1.84. The zero-order valence-corrected chi connectivity index (χ0v) is 10.1. The number of hydrogen-bond donors (Lipinski definition) is 1. The summed E-state index contributed by atoms with van der Waals surface area (Å²) in [7, 11) is 3.41. The number of esters is 1. The average Bonchev–Trinajstić information content (AvgIpc) is 2.28. The summed E-state index contributed by atoms with van der Waals surface area (Å²) in [4.78, 5) is 13.0. The Morgan fingerprint density at radius 2 is 2.18 bits per heavy atom. The van der Waals surface area contributed by atoms with E-state index in [-0.39, 0.29) is 6.61 Å². The van der Waals surface area contributed by atoms with Crippen LogP contribution in [0.15, 0.2) is 18.2 Å². The number of aliphatic hydroxyl groups excluding tert-OH is 1. The van der Waals surface area contributed by atoms with Crippen molar-refractivity contribution in [3.05, 3.63) is 29.6 Å². The minimum atomic E-state index is -1.40. The lowest BCUT2D eigenvalue weighted by molar-refractivity contribution is -0.153. The van der Waals surface area contributed by atoms with Crippen molar-refractivity contribution in [2.45, 2.75) is 13.0 Å². The van der Waals surface area contributed by atoms with Crippen LogP contribution in [0.4, 0.5) is 10.1 Å². The van der Waals surface area contributed by atoms with Gasteiger partial charge >= 0.3 is 5.97 Å². The molecule has 4 nitrogen and oxygen atoms in total. The third kappa shape index (κ3) is 3.17. The molecule has 0 bridgehead atoms. The minimum Gasteiger partial charge on any atom is -0.464 e. The average molecular weight is 241 g/mol. The molecule has 94 valence electrons. The topological polar surface area (TPSA) is 49.8 Å². The molecule has 1 rings (SSSR count). The van der Waals surface area contributed by atoms with Crippen LogP contribution in [0, 0.1) is 5.82 Å². The SMILES string of the molecule is CCOC(=O)C(O)c1ccc(F)cc1N(C)C. The zero-order valence-electron chi connectivity index (χ0n) is 10.1. The number of ether oxygens (including phenoxy) is 1. The summed E-state index contributed by atoms with van der Waals surface area (Å²) in [6.07, 6.45) is -1.40. The summed E-state index contributed by atoms with van der Waals surface area (Å²) >= 11 is 0. The molecule has 1 unspecified atom stereocenters. The molecule has 0 aliphatic heterocycles. The highest BCUT2D eigenvalue weighted by Crippen LogP contribution is 2.26. The molecule has 1 aromatic rings. The van der Waals surface area contributed by atoms with E-state index in [0.717, 1.165) is 0 Å². The van der Waals surface area contributed by atoms with Gasteiger partial charge in [0.25, 0.3) is 0 Å². The van der Waals surface area contributed by atoms with Gasteiger partial charge in [0.15, 0.2) is 6.10 Å². The third-order valence-electron chi connectivity index (χ3n) is 2.28. The van der Waals surface area contributed by atoms with Crippen LogP contribution in [0.5, 0.6) is 0 Å². The monoisotopic (exact) mass is 241 g/mol. The van der Waals surface area contributed by atoms with Crippen LogP contribution in [0.25, 0.3) is 0 Å². The van der Waals surface area contributed by atoms with Gasteiger partial charge in [-0.25, -0.2) is 9.18 Å². The first kappa shape index (κ1) is 13.4. The van der Waals surface area contributed by atoms with Crippen molar-refractivity contribution in [2.24, 2.45) is 0 Å². The molecule has 0 spiro atoms. The highest BCUT2D eigenvalue weighted by atomic mass is 19.1. The summed E-state index contributed by atoms with van der Waals surface area (Å²) in [5, 5.41) is 9.82. The van der Waals surface area contributed by atoms with E-state index in [0.29, 0.717) is 11.3 Å². The third-order valence-corrected chi connectivity index (χ3v) is 2.28. The van der Waals surface area contributed by atoms with Crippen LogP contribution in [0.2, 0.25) is 0 Å². The zero-order chi connectivity index (χ0) is 13.0. The molecule has 0 fully saturated rings. The van der Waals surface area contributed by atoms with Crippen molar-refractivity contribution < 1.29 is 19.0 Å². The van der Waals surface area contributed by atoms with Crippen LogP contribution >= 0.6 is 0 Å². The van der Waals surface area contributed by atoms with Crippen LogP contribution in [-0.2, 0) is 9.53 Å². The molecule has 1 N–H and O–H groups in total. The molecule has 1 atom stereocenters. The molecular formula is C12H16FNO3. The molecule has 5 heteroatoms. The Bertz CT molecular complexity index is 407. The van der Waals surface area contributed by atoms with Crippen molar-refractivity contribution in [3.63, 3.8) is 0 Å². The van der Waals surface area contributed by atoms with Crippen LogP contribution in [-0.4, -0.2) is 31.8 Å². The number of carbonyl (C=O) groups excluding carboxylic acids is 1. The lowest BCUT2D eigenvalue weighted by atomic mass is 10.1. The van der Waals surface area contributed by atoms with E-state index in [4.69, 9.17) is 4.74 Å². The van der Waals surface area contributed by atoms with Gasteiger partial charge in [-0.15, -0.1) is 0 Å². The fraction of sp³-hybridized carbons (Fsp3) is 0.417. The van der Waals surface area contributed by atoms with E-state index < -0.39 is 17.9 Å². The molecule has 0 heterocycles. The summed E-state index contributed by atoms with van der Waals surface area (Å²) in [5.41, 5.74) is 0.778. The Morgan fingerprint density at radius 1 is 1.53 bits per heavy atom. The van der Waals surface area contributed by atoms with Gasteiger partial charge < -0.3 is 14.7 Å². The quantitative estimate of drug-likeness (QED) is 0.811. The highest BCUT2D eigenvalue weighted by molar-refractivity contribution is 5.79. The van der Waals surface area contributed by atoms with Gasteiger partial charge in [0.05, 0.1) is 6.61 Å². The van der Waals surface area contributed by atoms with Crippen molar-refractivity contribution in [2.75, 3.05) is 25.6 Å². The van der Waals surface area contributed by atoms with Gasteiger partial charge in [-0.2, -0.15) is 0 Å². The lowest BCUT2D eigenvalue weighted by Gasteiger charge is -2.20. The molecular weight excluding hydrogens is 225 g/mol. The van der Waals surface area contributed by atoms with E-state index in [1.165, 1.54) is 18.2 Å². The van der Waals surface area contributed by atoms with Gasteiger partial charge in [0, 0.05) is 25.3 Å². The van der Waals surface area contributed by atoms with Crippen LogP contribution in [0.3, 0.4) is 0 Å². The number of nitrogens with zero attached hydrogens (tertiary/aromatic N) is 1. The summed E-state index contributed by atoms with van der Waals surface area (Å²) in [5.74, 6) is -1.16. The van der Waals surface area contributed by atoms with Crippen LogP contribution in [0.1, 0.15) is 18.6 Å². The lowest BCUT2D eigenvalue weighted by Crippen LogP contribution is -2.19. The van der Waals surface area contributed by atoms with Crippen molar-refractivity contribution >= 4 is 11.7 Å². The number of aliphatic hydroxyl groups is 1. The fourth-order valence-corrected chi connectivity index (χ4v) is 1.48. The maximum absolute atomic E-state index is 13.1. The predicted octanol–water partition coefficient (Wildman–Crippen LogP) is 1.49. The molecule has 0 radical (unpaired) electrons. The second kappa shape index (κ2) is 5.63. The number of hydrogen-bond acceptors (Lipinski definition) is 4. The largest absolute Gasteiger partial charge is 0.464 e. The predicted molar refractivity (Wildman–Crippen MR) is 62.3 cm³/mol. The number of halogens is 1. The van der Waals surface area contributed by atoms with Crippen molar-refractivity contribution in [1.29, 1.82) is 0 Å². The molecule has 0 aliphatic carbocycles. The first-order chi connectivity index (χ1) is 7.97. The Balaban J connectivity index is 3.08. The van der Waals surface area contributed by atoms with Gasteiger partial charge in [-0.1, -0.05) is 6.07 Å². The Morgan fingerprint density at radius 3 is 2.71 bits per heavy atom. The van der Waals surface area contributed by atoms with Crippen molar-refractivity contribution in [1.82, 2.24) is 0 Å². The summed E-state index contributed by atoms with van der Waals surface area (Å²) < 4.78 is 17.8. The van der Waals surface area contributed by atoms with Gasteiger partial charge in [0.2, 0.25) is 0 Å². The Hall–Kier alpha value is -1.62. The second-order valence-corrected chi connectivity index (χ2v) is 3.75. The number of rotatable bonds is 4. The smallest absolute Gasteiger partial charge is 0.339 e. The highest BCUT2D eigenvalue weighted by Gasteiger charge is 2.22. The van der Waals surface area contributed by atoms with E-state index in [2.05, 4.69) is 0 Å². The van der Waals surface area contributed by atoms with E-state index in [1.54, 1.807) is 25.9 Å². The summed E-state index contributed by atoms with van der Waals surface area (Å²) in [6, 6.07) is 3.84. The standard InChI is InChI=1S/C12H16FNO3/c1-4-17-12(16)11(15)9-6-5-8(13)7-10(9)14(2)3/h5-7,11,15H,4H2,1-3H3. The second-order valence-electron chi connectivity index (χ2n) is 3.75. The first-order valence-electron chi connectivity index (χ1n) is 5.28. The number of anilines is 1. The molecule has 0 aliphatic rings. The number of carbonyl (C=O) groups is 1.